The van der Waals surface area contributed by atoms with Gasteiger partial charge >= 0.3 is 5.92 Å². The molecule has 0 radical (unpaired) electrons. The number of rotatable bonds is 2. The van der Waals surface area contributed by atoms with Gasteiger partial charge < -0.3 is 14.9 Å². The second-order valence-corrected chi connectivity index (χ2v) is 5.23. The molecular weight excluding hydrogens is 222 g/mol. The monoisotopic (exact) mass is 232 g/mol. The zero-order valence-electron chi connectivity index (χ0n) is 7.22. The molecule has 0 amide bonds. The fourth-order valence-corrected chi connectivity index (χ4v) is 2.30. The molecule has 1 fully saturated rings. The smallest absolute Gasteiger partial charge is 0.315 e. The number of alkyl halides is 2. The van der Waals surface area contributed by atoms with E-state index in [0.717, 1.165) is 0 Å². The fraction of sp³-hybridized carbons (Fsp3) is 1.00. The Morgan fingerprint density at radius 1 is 1.50 bits per heavy atom. The molecule has 1 unspecified atom stereocenters. The standard InChI is InChI=1S/C6H10F2O5S/c1-14(11,12)5-6(7,8)4(10)3(2-9)13-5/h3-5,9-10H,2H2,1H3/t3-,4-,5?/m1/s1. The molecular formula is C6H10F2O5S. The summed E-state index contributed by atoms with van der Waals surface area (Å²) in [5.41, 5.74) is -2.39. The SMILES string of the molecule is CS(=O)(=O)C1O[C@H](CO)[C@@H](O)C1(F)F. The van der Waals surface area contributed by atoms with E-state index in [2.05, 4.69) is 4.74 Å². The molecule has 1 heterocycles. The molecule has 0 aromatic rings. The van der Waals surface area contributed by atoms with E-state index in [-0.39, 0.29) is 0 Å². The van der Waals surface area contributed by atoms with Gasteiger partial charge in [-0.1, -0.05) is 0 Å². The molecule has 84 valence electrons. The fourth-order valence-electron chi connectivity index (χ4n) is 1.24. The van der Waals surface area contributed by atoms with Crippen LogP contribution in [0.5, 0.6) is 0 Å². The molecule has 8 heteroatoms. The van der Waals surface area contributed by atoms with Gasteiger partial charge in [0.15, 0.2) is 9.84 Å². The molecule has 0 aromatic heterocycles. The lowest BCUT2D eigenvalue weighted by atomic mass is 10.1. The highest BCUT2D eigenvalue weighted by atomic mass is 32.2. The Hall–Kier alpha value is -0.310. The van der Waals surface area contributed by atoms with Crippen LogP contribution in [0.2, 0.25) is 0 Å². The third-order valence-corrected chi connectivity index (χ3v) is 3.13. The lowest BCUT2D eigenvalue weighted by Gasteiger charge is -2.17. The minimum absolute atomic E-state index is 0.581. The maximum absolute atomic E-state index is 13.1. The minimum Gasteiger partial charge on any atom is -0.394 e. The molecule has 1 saturated heterocycles. The highest BCUT2D eigenvalue weighted by molar-refractivity contribution is 7.91. The largest absolute Gasteiger partial charge is 0.394 e. The second kappa shape index (κ2) is 3.37. The highest BCUT2D eigenvalue weighted by Crippen LogP contribution is 2.38. The van der Waals surface area contributed by atoms with Gasteiger partial charge in [-0.2, -0.15) is 8.78 Å². The normalized spacial score (nSPS) is 37.4. The van der Waals surface area contributed by atoms with Crippen LogP contribution in [0.4, 0.5) is 8.78 Å². The number of halogens is 2. The van der Waals surface area contributed by atoms with Crippen LogP contribution in [0.25, 0.3) is 0 Å². The Balaban J connectivity index is 3.03. The van der Waals surface area contributed by atoms with Gasteiger partial charge in [-0.3, -0.25) is 0 Å². The van der Waals surface area contributed by atoms with Gasteiger partial charge in [-0.15, -0.1) is 0 Å². The van der Waals surface area contributed by atoms with Gasteiger partial charge in [0.1, 0.15) is 12.2 Å². The van der Waals surface area contributed by atoms with E-state index in [1.165, 1.54) is 0 Å². The third-order valence-electron chi connectivity index (χ3n) is 1.93. The first-order valence-corrected chi connectivity index (χ1v) is 5.67. The minimum atomic E-state index is -4.13. The van der Waals surface area contributed by atoms with E-state index >= 15 is 0 Å². The summed E-state index contributed by atoms with van der Waals surface area (Å²) < 4.78 is 52.2. The van der Waals surface area contributed by atoms with Crippen LogP contribution in [0, 0.1) is 0 Å². The van der Waals surface area contributed by atoms with Crippen molar-refractivity contribution in [3.05, 3.63) is 0 Å². The van der Waals surface area contributed by atoms with Crippen molar-refractivity contribution in [3.63, 3.8) is 0 Å². The zero-order valence-corrected chi connectivity index (χ0v) is 8.04. The van der Waals surface area contributed by atoms with Crippen LogP contribution >= 0.6 is 0 Å². The molecule has 0 bridgehead atoms. The first kappa shape index (κ1) is 11.8. The average molecular weight is 232 g/mol. The predicted octanol–water partition coefficient (Wildman–Crippen LogP) is -1.26. The Bertz CT molecular complexity index is 314. The van der Waals surface area contributed by atoms with E-state index in [0.29, 0.717) is 6.26 Å². The first-order valence-electron chi connectivity index (χ1n) is 3.72. The van der Waals surface area contributed by atoms with E-state index in [4.69, 9.17) is 10.2 Å². The zero-order chi connectivity index (χ0) is 11.1. The summed E-state index contributed by atoms with van der Waals surface area (Å²) in [6.07, 6.45) is -3.28. The molecule has 1 aliphatic rings. The molecule has 0 spiro atoms. The number of aliphatic hydroxyl groups excluding tert-OH is 2. The summed E-state index contributed by atoms with van der Waals surface area (Å²) >= 11 is 0. The summed E-state index contributed by atoms with van der Waals surface area (Å²) in [6, 6.07) is 0. The first-order chi connectivity index (χ1) is 6.21. The van der Waals surface area contributed by atoms with Crippen LogP contribution in [0.3, 0.4) is 0 Å². The Morgan fingerprint density at radius 2 is 2.00 bits per heavy atom. The Labute approximate surface area is 79.2 Å². The maximum Gasteiger partial charge on any atom is 0.315 e. The molecule has 0 saturated carbocycles. The number of aliphatic hydroxyl groups is 2. The van der Waals surface area contributed by atoms with Crippen molar-refractivity contribution >= 4 is 9.84 Å². The lowest BCUT2D eigenvalue weighted by Crippen LogP contribution is -2.43. The second-order valence-electron chi connectivity index (χ2n) is 3.14. The van der Waals surface area contributed by atoms with Gasteiger partial charge in [0.25, 0.3) is 0 Å². The number of sulfone groups is 1. The Kier molecular flexibility index (Phi) is 2.83. The summed E-state index contributed by atoms with van der Waals surface area (Å²) in [7, 11) is -4.13. The van der Waals surface area contributed by atoms with Gasteiger partial charge in [0.2, 0.25) is 5.44 Å². The van der Waals surface area contributed by atoms with Crippen LogP contribution in [-0.2, 0) is 14.6 Å². The van der Waals surface area contributed by atoms with Crippen LogP contribution in [-0.4, -0.2) is 55.1 Å². The number of ether oxygens (including phenoxy) is 1. The van der Waals surface area contributed by atoms with E-state index < -0.39 is 40.0 Å². The average Bonchev–Trinajstić information content (AvgIpc) is 2.23. The molecule has 0 aliphatic carbocycles. The van der Waals surface area contributed by atoms with Crippen LogP contribution in [0.1, 0.15) is 0 Å². The summed E-state index contributed by atoms with van der Waals surface area (Å²) in [6.45, 7) is -0.858. The van der Waals surface area contributed by atoms with E-state index in [1.54, 1.807) is 0 Å². The summed E-state index contributed by atoms with van der Waals surface area (Å²) in [5.74, 6) is -3.89. The maximum atomic E-state index is 13.1. The van der Waals surface area contributed by atoms with E-state index in [1.807, 2.05) is 0 Å². The van der Waals surface area contributed by atoms with Crippen LogP contribution in [0.15, 0.2) is 0 Å². The van der Waals surface area contributed by atoms with E-state index in [9.17, 15) is 17.2 Å². The molecule has 14 heavy (non-hydrogen) atoms. The lowest BCUT2D eigenvalue weighted by molar-refractivity contribution is -0.0915. The van der Waals surface area contributed by atoms with Gasteiger partial charge in [-0.25, -0.2) is 8.42 Å². The van der Waals surface area contributed by atoms with Crippen molar-refractivity contribution in [2.75, 3.05) is 12.9 Å². The topological polar surface area (TPSA) is 83.8 Å². The number of hydrogen-bond acceptors (Lipinski definition) is 5. The molecule has 2 N–H and O–H groups in total. The summed E-state index contributed by atoms with van der Waals surface area (Å²) in [5, 5.41) is 17.5. The number of hydrogen-bond donors (Lipinski definition) is 2. The molecule has 0 aromatic carbocycles. The van der Waals surface area contributed by atoms with Gasteiger partial charge in [0.05, 0.1) is 6.61 Å². The highest BCUT2D eigenvalue weighted by Gasteiger charge is 2.62. The van der Waals surface area contributed by atoms with Crippen molar-refractivity contribution in [2.45, 2.75) is 23.6 Å². The Morgan fingerprint density at radius 3 is 2.21 bits per heavy atom. The predicted molar refractivity (Wildman–Crippen MR) is 41.5 cm³/mol. The molecule has 1 aliphatic heterocycles. The summed E-state index contributed by atoms with van der Waals surface area (Å²) in [4.78, 5) is 0. The third kappa shape index (κ3) is 1.74. The molecule has 1 rings (SSSR count). The van der Waals surface area contributed by atoms with Gasteiger partial charge in [0, 0.05) is 6.26 Å². The quantitative estimate of drug-likeness (QED) is 0.621. The van der Waals surface area contributed by atoms with Crippen molar-refractivity contribution in [3.8, 4) is 0 Å². The van der Waals surface area contributed by atoms with Crippen molar-refractivity contribution < 1.29 is 32.1 Å². The molecule has 5 nitrogen and oxygen atoms in total. The van der Waals surface area contributed by atoms with Crippen molar-refractivity contribution in [2.24, 2.45) is 0 Å². The van der Waals surface area contributed by atoms with Crippen LogP contribution < -0.4 is 0 Å². The van der Waals surface area contributed by atoms with Crippen molar-refractivity contribution in [1.82, 2.24) is 0 Å². The van der Waals surface area contributed by atoms with Crippen molar-refractivity contribution in [1.29, 1.82) is 0 Å². The molecule has 3 atom stereocenters. The van der Waals surface area contributed by atoms with Gasteiger partial charge in [-0.05, 0) is 0 Å².